The largest absolute Gasteiger partial charge is 0.487 e. The summed E-state index contributed by atoms with van der Waals surface area (Å²) in [5, 5.41) is 16.7. The van der Waals surface area contributed by atoms with E-state index >= 15 is 0 Å². The van der Waals surface area contributed by atoms with Crippen LogP contribution in [-0.2, 0) is 24.9 Å². The number of hydrogen-bond acceptors (Lipinski definition) is 4. The lowest BCUT2D eigenvalue weighted by molar-refractivity contribution is -0.136. The van der Waals surface area contributed by atoms with Gasteiger partial charge in [-0.05, 0) is 24.1 Å². The molecule has 0 saturated carbocycles. The van der Waals surface area contributed by atoms with Gasteiger partial charge >= 0.3 is 5.97 Å². The van der Waals surface area contributed by atoms with Gasteiger partial charge in [0.25, 0.3) is 0 Å². The summed E-state index contributed by atoms with van der Waals surface area (Å²) in [5.74, 6) is -0.0978. The van der Waals surface area contributed by atoms with Crippen LogP contribution < -0.4 is 4.74 Å². The van der Waals surface area contributed by atoms with E-state index in [1.807, 2.05) is 24.3 Å². The van der Waals surface area contributed by atoms with Gasteiger partial charge < -0.3 is 9.84 Å². The van der Waals surface area contributed by atoms with Crippen molar-refractivity contribution in [1.29, 1.82) is 0 Å². The van der Waals surface area contributed by atoms with Gasteiger partial charge in [-0.2, -0.15) is 15.0 Å². The van der Waals surface area contributed by atoms with E-state index in [4.69, 9.17) is 9.84 Å². The second-order valence-corrected chi connectivity index (χ2v) is 4.16. The van der Waals surface area contributed by atoms with Crippen molar-refractivity contribution in [2.24, 2.45) is 7.05 Å². The van der Waals surface area contributed by atoms with Crippen LogP contribution in [0.1, 0.15) is 17.7 Å². The molecule has 0 aliphatic carbocycles. The summed E-state index contributed by atoms with van der Waals surface area (Å²) in [6.45, 7) is 0.343. The molecule has 0 aliphatic rings. The number of aliphatic carboxylic acids is 1. The van der Waals surface area contributed by atoms with Crippen molar-refractivity contribution in [3.8, 4) is 5.75 Å². The smallest absolute Gasteiger partial charge is 0.303 e. The first-order valence-corrected chi connectivity index (χ1v) is 5.92. The fourth-order valence-corrected chi connectivity index (χ4v) is 1.65. The number of aryl methyl sites for hydroxylation is 2. The Morgan fingerprint density at radius 3 is 3.00 bits per heavy atom. The summed E-state index contributed by atoms with van der Waals surface area (Å²) >= 11 is 0. The third-order valence-corrected chi connectivity index (χ3v) is 2.56. The molecule has 0 saturated heterocycles. The number of rotatable bonds is 6. The van der Waals surface area contributed by atoms with Crippen molar-refractivity contribution in [2.45, 2.75) is 19.4 Å². The number of carboxylic acid groups (broad SMARTS) is 1. The zero-order chi connectivity index (χ0) is 13.7. The van der Waals surface area contributed by atoms with E-state index in [2.05, 4.69) is 10.2 Å². The van der Waals surface area contributed by atoms with Gasteiger partial charge in [0.15, 0.2) is 0 Å². The molecule has 0 radical (unpaired) electrons. The SMILES string of the molecule is Cn1ncc(COc2cccc(CCC(=O)O)c2)n1. The van der Waals surface area contributed by atoms with Gasteiger partial charge in [0.1, 0.15) is 18.1 Å². The van der Waals surface area contributed by atoms with E-state index in [0.717, 1.165) is 11.3 Å². The molecule has 6 nitrogen and oxygen atoms in total. The highest BCUT2D eigenvalue weighted by molar-refractivity contribution is 5.67. The average Bonchev–Trinajstić information content (AvgIpc) is 2.80. The predicted octanol–water partition coefficient (Wildman–Crippen LogP) is 1.41. The molecule has 1 heterocycles. The first kappa shape index (κ1) is 13.1. The second-order valence-electron chi connectivity index (χ2n) is 4.16. The Balaban J connectivity index is 1.93. The van der Waals surface area contributed by atoms with Crippen LogP contribution in [-0.4, -0.2) is 26.1 Å². The van der Waals surface area contributed by atoms with Crippen molar-refractivity contribution in [3.63, 3.8) is 0 Å². The van der Waals surface area contributed by atoms with E-state index in [9.17, 15) is 4.79 Å². The minimum atomic E-state index is -0.800. The minimum absolute atomic E-state index is 0.119. The van der Waals surface area contributed by atoms with Gasteiger partial charge in [0.05, 0.1) is 6.20 Å². The van der Waals surface area contributed by atoms with E-state index in [-0.39, 0.29) is 6.42 Å². The monoisotopic (exact) mass is 261 g/mol. The Morgan fingerprint density at radius 1 is 1.47 bits per heavy atom. The lowest BCUT2D eigenvalue weighted by Crippen LogP contribution is -2.00. The van der Waals surface area contributed by atoms with Crippen molar-refractivity contribution in [3.05, 3.63) is 41.7 Å². The van der Waals surface area contributed by atoms with Crippen molar-refractivity contribution in [1.82, 2.24) is 15.0 Å². The summed E-state index contributed by atoms with van der Waals surface area (Å²) < 4.78 is 5.59. The number of benzene rings is 1. The number of nitrogens with zero attached hydrogens (tertiary/aromatic N) is 3. The third-order valence-electron chi connectivity index (χ3n) is 2.56. The highest BCUT2D eigenvalue weighted by atomic mass is 16.5. The van der Waals surface area contributed by atoms with Crippen LogP contribution in [0.15, 0.2) is 30.5 Å². The summed E-state index contributed by atoms with van der Waals surface area (Å²) in [5.41, 5.74) is 1.69. The number of aromatic nitrogens is 3. The molecule has 100 valence electrons. The Hall–Kier alpha value is -2.37. The molecule has 0 amide bonds. The Labute approximate surface area is 110 Å². The first-order valence-electron chi connectivity index (χ1n) is 5.92. The highest BCUT2D eigenvalue weighted by Gasteiger charge is 2.03. The van der Waals surface area contributed by atoms with Gasteiger partial charge in [0.2, 0.25) is 0 Å². The maximum Gasteiger partial charge on any atom is 0.303 e. The molecule has 0 fully saturated rings. The molecular formula is C13H15N3O3. The van der Waals surface area contributed by atoms with Crippen LogP contribution in [0.4, 0.5) is 0 Å². The molecular weight excluding hydrogens is 246 g/mol. The van der Waals surface area contributed by atoms with E-state index in [0.29, 0.717) is 18.8 Å². The number of hydrogen-bond donors (Lipinski definition) is 1. The van der Waals surface area contributed by atoms with Crippen molar-refractivity contribution < 1.29 is 14.6 Å². The predicted molar refractivity (Wildman–Crippen MR) is 67.7 cm³/mol. The van der Waals surface area contributed by atoms with E-state index in [1.54, 1.807) is 13.2 Å². The third kappa shape index (κ3) is 4.09. The molecule has 2 aromatic rings. The van der Waals surface area contributed by atoms with Crippen LogP contribution in [0, 0.1) is 0 Å². The minimum Gasteiger partial charge on any atom is -0.487 e. The Kier molecular flexibility index (Phi) is 4.12. The van der Waals surface area contributed by atoms with Gasteiger partial charge in [-0.25, -0.2) is 0 Å². The quantitative estimate of drug-likeness (QED) is 0.850. The Morgan fingerprint density at radius 2 is 2.32 bits per heavy atom. The van der Waals surface area contributed by atoms with Crippen LogP contribution >= 0.6 is 0 Å². The molecule has 1 aromatic carbocycles. The van der Waals surface area contributed by atoms with E-state index < -0.39 is 5.97 Å². The molecule has 19 heavy (non-hydrogen) atoms. The molecule has 0 atom stereocenters. The van der Waals surface area contributed by atoms with Crippen LogP contribution in [0.25, 0.3) is 0 Å². The number of carboxylic acids is 1. The van der Waals surface area contributed by atoms with Crippen LogP contribution in [0.3, 0.4) is 0 Å². The maximum absolute atomic E-state index is 10.5. The van der Waals surface area contributed by atoms with Crippen molar-refractivity contribution >= 4 is 5.97 Å². The first-order chi connectivity index (χ1) is 9.13. The molecule has 2 rings (SSSR count). The van der Waals surface area contributed by atoms with Gasteiger partial charge in [-0.1, -0.05) is 12.1 Å². The zero-order valence-corrected chi connectivity index (χ0v) is 10.6. The zero-order valence-electron chi connectivity index (χ0n) is 10.6. The Bertz CT molecular complexity index is 566. The maximum atomic E-state index is 10.5. The molecule has 1 N–H and O–H groups in total. The fourth-order valence-electron chi connectivity index (χ4n) is 1.65. The van der Waals surface area contributed by atoms with Gasteiger partial charge in [-0.3, -0.25) is 4.79 Å². The summed E-state index contributed by atoms with van der Waals surface area (Å²) in [6.07, 6.45) is 2.26. The fraction of sp³-hybridized carbons (Fsp3) is 0.308. The normalized spacial score (nSPS) is 10.4. The lowest BCUT2D eigenvalue weighted by Gasteiger charge is -2.06. The summed E-state index contributed by atoms with van der Waals surface area (Å²) in [7, 11) is 1.75. The number of ether oxygens (including phenoxy) is 1. The van der Waals surface area contributed by atoms with Gasteiger partial charge in [-0.15, -0.1) is 0 Å². The van der Waals surface area contributed by atoms with Crippen LogP contribution in [0.2, 0.25) is 0 Å². The molecule has 0 aliphatic heterocycles. The topological polar surface area (TPSA) is 77.2 Å². The van der Waals surface area contributed by atoms with Crippen LogP contribution in [0.5, 0.6) is 5.75 Å². The molecule has 0 spiro atoms. The van der Waals surface area contributed by atoms with Gasteiger partial charge in [0, 0.05) is 13.5 Å². The average molecular weight is 261 g/mol. The molecule has 1 aromatic heterocycles. The summed E-state index contributed by atoms with van der Waals surface area (Å²) in [6, 6.07) is 7.42. The second kappa shape index (κ2) is 5.99. The molecule has 6 heteroatoms. The highest BCUT2D eigenvalue weighted by Crippen LogP contribution is 2.15. The van der Waals surface area contributed by atoms with Crippen molar-refractivity contribution in [2.75, 3.05) is 0 Å². The van der Waals surface area contributed by atoms with E-state index in [1.165, 1.54) is 4.80 Å². The number of carbonyl (C=O) groups is 1. The lowest BCUT2D eigenvalue weighted by atomic mass is 10.1. The summed E-state index contributed by atoms with van der Waals surface area (Å²) in [4.78, 5) is 12.0. The standard InChI is InChI=1S/C13H15N3O3/c1-16-14-8-11(15-16)9-19-12-4-2-3-10(7-12)5-6-13(17)18/h2-4,7-8H,5-6,9H2,1H3,(H,17,18). The molecule has 0 bridgehead atoms. The molecule has 0 unspecified atom stereocenters.